The van der Waals surface area contributed by atoms with Gasteiger partial charge in [-0.05, 0) is 23.1 Å². The summed E-state index contributed by atoms with van der Waals surface area (Å²) < 4.78 is 5.74. The van der Waals surface area contributed by atoms with Crippen molar-refractivity contribution in [1.82, 2.24) is 10.6 Å². The van der Waals surface area contributed by atoms with Crippen molar-refractivity contribution in [2.45, 2.75) is 26.2 Å². The van der Waals surface area contributed by atoms with Crippen LogP contribution in [0.25, 0.3) is 0 Å². The molecule has 0 aliphatic carbocycles. The van der Waals surface area contributed by atoms with Gasteiger partial charge in [-0.2, -0.15) is 0 Å². The van der Waals surface area contributed by atoms with Crippen LogP contribution in [0.1, 0.15) is 26.3 Å². The van der Waals surface area contributed by atoms with Crippen LogP contribution >= 0.6 is 0 Å². The van der Waals surface area contributed by atoms with Crippen LogP contribution in [0.3, 0.4) is 0 Å². The van der Waals surface area contributed by atoms with Gasteiger partial charge in [-0.25, -0.2) is 0 Å². The highest BCUT2D eigenvalue weighted by Gasteiger charge is 2.13. The molecule has 106 valence electrons. The summed E-state index contributed by atoms with van der Waals surface area (Å²) in [6.07, 6.45) is 0. The first-order valence-corrected chi connectivity index (χ1v) is 6.59. The summed E-state index contributed by atoms with van der Waals surface area (Å²) >= 11 is 0. The van der Waals surface area contributed by atoms with Crippen LogP contribution in [0.15, 0.2) is 29.3 Å². The van der Waals surface area contributed by atoms with E-state index in [9.17, 15) is 0 Å². The van der Waals surface area contributed by atoms with Gasteiger partial charge in [0.15, 0.2) is 5.96 Å². The average molecular weight is 263 g/mol. The molecular weight excluding hydrogens is 238 g/mol. The molecule has 0 radical (unpaired) electrons. The fourth-order valence-electron chi connectivity index (χ4n) is 1.67. The van der Waals surface area contributed by atoms with Gasteiger partial charge in [0.25, 0.3) is 0 Å². The third-order valence-corrected chi connectivity index (χ3v) is 2.82. The molecule has 0 heterocycles. The summed E-state index contributed by atoms with van der Waals surface area (Å²) in [6.45, 7) is 7.92. The van der Waals surface area contributed by atoms with E-state index in [0.29, 0.717) is 13.2 Å². The maximum atomic E-state index is 5.74. The predicted octanol–water partition coefficient (Wildman–Crippen LogP) is 2.16. The van der Waals surface area contributed by atoms with Crippen molar-refractivity contribution in [3.05, 3.63) is 29.8 Å². The van der Waals surface area contributed by atoms with E-state index in [2.05, 4.69) is 48.5 Å². The first-order valence-electron chi connectivity index (χ1n) is 6.59. The van der Waals surface area contributed by atoms with Crippen LogP contribution in [-0.2, 0) is 5.41 Å². The van der Waals surface area contributed by atoms with Gasteiger partial charge in [-0.3, -0.25) is 4.99 Å². The summed E-state index contributed by atoms with van der Waals surface area (Å²) in [7, 11) is 3.58. The fourth-order valence-corrected chi connectivity index (χ4v) is 1.67. The molecular formula is C15H25N3O. The Morgan fingerprint density at radius 3 is 2.63 bits per heavy atom. The van der Waals surface area contributed by atoms with Crippen molar-refractivity contribution in [2.75, 3.05) is 27.2 Å². The highest BCUT2D eigenvalue weighted by molar-refractivity contribution is 5.79. The number of hydrogen-bond acceptors (Lipinski definition) is 2. The normalized spacial score (nSPS) is 12.2. The summed E-state index contributed by atoms with van der Waals surface area (Å²) in [5, 5.41) is 6.11. The van der Waals surface area contributed by atoms with Crippen LogP contribution in [-0.4, -0.2) is 33.2 Å². The molecule has 0 bridgehead atoms. The lowest BCUT2D eigenvalue weighted by atomic mass is 9.87. The lowest BCUT2D eigenvalue weighted by molar-refractivity contribution is 0.321. The molecule has 0 spiro atoms. The molecule has 1 aromatic rings. The maximum absolute atomic E-state index is 5.74. The SMILES string of the molecule is CN=C(NC)NCCOc1cccc(C(C)(C)C)c1. The maximum Gasteiger partial charge on any atom is 0.190 e. The van der Waals surface area contributed by atoms with Crippen molar-refractivity contribution in [2.24, 2.45) is 4.99 Å². The van der Waals surface area contributed by atoms with Crippen LogP contribution in [0.2, 0.25) is 0 Å². The summed E-state index contributed by atoms with van der Waals surface area (Å²) in [5.41, 5.74) is 1.43. The molecule has 0 aliphatic rings. The molecule has 0 atom stereocenters. The molecule has 2 N–H and O–H groups in total. The number of nitrogens with one attached hydrogen (secondary N) is 2. The van der Waals surface area contributed by atoms with E-state index in [-0.39, 0.29) is 5.41 Å². The molecule has 0 aromatic heterocycles. The Balaban J connectivity index is 2.46. The Morgan fingerprint density at radius 1 is 1.32 bits per heavy atom. The Morgan fingerprint density at radius 2 is 2.05 bits per heavy atom. The van der Waals surface area contributed by atoms with Crippen LogP contribution < -0.4 is 15.4 Å². The second-order valence-corrected chi connectivity index (χ2v) is 5.38. The second-order valence-electron chi connectivity index (χ2n) is 5.38. The molecule has 0 fully saturated rings. The highest BCUT2D eigenvalue weighted by Crippen LogP contribution is 2.25. The molecule has 0 unspecified atom stereocenters. The van der Waals surface area contributed by atoms with Gasteiger partial charge in [0, 0.05) is 14.1 Å². The number of hydrogen-bond donors (Lipinski definition) is 2. The number of nitrogens with zero attached hydrogens (tertiary/aromatic N) is 1. The minimum atomic E-state index is 0.145. The quantitative estimate of drug-likeness (QED) is 0.497. The molecule has 1 rings (SSSR count). The zero-order chi connectivity index (χ0) is 14.3. The molecule has 19 heavy (non-hydrogen) atoms. The first kappa shape index (κ1) is 15.3. The average Bonchev–Trinajstić information content (AvgIpc) is 2.38. The Bertz CT molecular complexity index is 422. The minimum Gasteiger partial charge on any atom is -0.492 e. The van der Waals surface area contributed by atoms with E-state index in [1.54, 1.807) is 7.05 Å². The van der Waals surface area contributed by atoms with Gasteiger partial charge in [0.2, 0.25) is 0 Å². The van der Waals surface area contributed by atoms with Gasteiger partial charge >= 0.3 is 0 Å². The van der Waals surface area contributed by atoms with Crippen molar-refractivity contribution in [3.63, 3.8) is 0 Å². The van der Waals surface area contributed by atoms with Crippen LogP contribution in [0.5, 0.6) is 5.75 Å². The molecule has 0 saturated heterocycles. The number of aliphatic imine (C=N–C) groups is 1. The summed E-state index contributed by atoms with van der Waals surface area (Å²) in [5.74, 6) is 1.68. The van der Waals surface area contributed by atoms with E-state index >= 15 is 0 Å². The topological polar surface area (TPSA) is 45.7 Å². The predicted molar refractivity (Wildman–Crippen MR) is 81.1 cm³/mol. The molecule has 0 saturated carbocycles. The standard InChI is InChI=1S/C15H25N3O/c1-15(2,3)12-7-6-8-13(11-12)19-10-9-18-14(16-4)17-5/h6-8,11H,9-10H2,1-5H3,(H2,16,17,18). The first-order chi connectivity index (χ1) is 8.97. The van der Waals surface area contributed by atoms with Crippen LogP contribution in [0.4, 0.5) is 0 Å². The number of rotatable bonds is 4. The molecule has 0 aliphatic heterocycles. The zero-order valence-corrected chi connectivity index (χ0v) is 12.6. The third kappa shape index (κ3) is 5.20. The third-order valence-electron chi connectivity index (χ3n) is 2.82. The molecule has 4 nitrogen and oxygen atoms in total. The number of benzene rings is 1. The zero-order valence-electron chi connectivity index (χ0n) is 12.6. The lowest BCUT2D eigenvalue weighted by Crippen LogP contribution is -2.37. The van der Waals surface area contributed by atoms with Crippen molar-refractivity contribution in [3.8, 4) is 5.75 Å². The number of guanidine groups is 1. The largest absolute Gasteiger partial charge is 0.492 e. The second kappa shape index (κ2) is 7.02. The van der Waals surface area contributed by atoms with Gasteiger partial charge in [-0.1, -0.05) is 32.9 Å². The van der Waals surface area contributed by atoms with Gasteiger partial charge in [0.05, 0.1) is 6.54 Å². The summed E-state index contributed by atoms with van der Waals surface area (Å²) in [4.78, 5) is 4.04. The number of ether oxygens (including phenoxy) is 1. The van der Waals surface area contributed by atoms with E-state index in [1.165, 1.54) is 5.56 Å². The molecule has 1 aromatic carbocycles. The van der Waals surface area contributed by atoms with Crippen molar-refractivity contribution >= 4 is 5.96 Å². The minimum absolute atomic E-state index is 0.145. The van der Waals surface area contributed by atoms with Gasteiger partial charge in [-0.15, -0.1) is 0 Å². The summed E-state index contributed by atoms with van der Waals surface area (Å²) in [6, 6.07) is 8.26. The highest BCUT2D eigenvalue weighted by atomic mass is 16.5. The van der Waals surface area contributed by atoms with Gasteiger partial charge in [0.1, 0.15) is 12.4 Å². The van der Waals surface area contributed by atoms with E-state index in [1.807, 2.05) is 19.2 Å². The molecule has 4 heteroatoms. The Labute approximate surface area is 116 Å². The van der Waals surface area contributed by atoms with E-state index in [0.717, 1.165) is 11.7 Å². The molecule has 0 amide bonds. The Kier molecular flexibility index (Phi) is 5.67. The monoisotopic (exact) mass is 263 g/mol. The van der Waals surface area contributed by atoms with Crippen molar-refractivity contribution in [1.29, 1.82) is 0 Å². The Hall–Kier alpha value is -1.71. The van der Waals surface area contributed by atoms with Gasteiger partial charge < -0.3 is 15.4 Å². The van der Waals surface area contributed by atoms with Crippen LogP contribution in [0, 0.1) is 0 Å². The van der Waals surface area contributed by atoms with E-state index in [4.69, 9.17) is 4.74 Å². The smallest absolute Gasteiger partial charge is 0.190 e. The lowest BCUT2D eigenvalue weighted by Gasteiger charge is -2.19. The van der Waals surface area contributed by atoms with E-state index < -0.39 is 0 Å². The fraction of sp³-hybridized carbons (Fsp3) is 0.533. The van der Waals surface area contributed by atoms with Crippen molar-refractivity contribution < 1.29 is 4.74 Å².